The van der Waals surface area contributed by atoms with Crippen LogP contribution >= 0.6 is 34.8 Å². The molecule has 1 amide bonds. The summed E-state index contributed by atoms with van der Waals surface area (Å²) in [6.07, 6.45) is 0.921. The van der Waals surface area contributed by atoms with Gasteiger partial charge in [-0.3, -0.25) is 4.79 Å². The van der Waals surface area contributed by atoms with Crippen LogP contribution in [0, 0.1) is 5.92 Å². The van der Waals surface area contributed by atoms with Gasteiger partial charge in [0.1, 0.15) is 5.02 Å². The zero-order valence-electron chi connectivity index (χ0n) is 11.3. The van der Waals surface area contributed by atoms with Crippen LogP contribution in [-0.4, -0.2) is 16.6 Å². The van der Waals surface area contributed by atoms with Crippen molar-refractivity contribution in [1.29, 1.82) is 0 Å². The molecule has 0 fully saturated rings. The molecular weight excluding hydrogens is 323 g/mol. The number of amides is 1. The molecule has 1 heterocycles. The summed E-state index contributed by atoms with van der Waals surface area (Å²) in [5.74, 6) is -0.333. The number of rotatable bonds is 4. The second-order valence-corrected chi connectivity index (χ2v) is 5.41. The maximum absolute atomic E-state index is 12.0. The summed E-state index contributed by atoms with van der Waals surface area (Å²) < 4.78 is 0. The minimum atomic E-state index is -0.595. The summed E-state index contributed by atoms with van der Waals surface area (Å²) in [7, 11) is 0. The molecular formula is C12H15Cl3N4O. The number of carbonyl (C=O) groups is 1. The normalized spacial score (nSPS) is 13.2. The molecule has 1 aromatic rings. The number of pyridine rings is 1. The monoisotopic (exact) mass is 336 g/mol. The van der Waals surface area contributed by atoms with E-state index < -0.39 is 5.91 Å². The highest BCUT2D eigenvalue weighted by atomic mass is 35.5. The molecule has 20 heavy (non-hydrogen) atoms. The van der Waals surface area contributed by atoms with E-state index >= 15 is 0 Å². The van der Waals surface area contributed by atoms with Crippen molar-refractivity contribution in [2.75, 3.05) is 5.73 Å². The number of hydrogen-bond donors (Lipinski definition) is 2. The third kappa shape index (κ3) is 3.75. The second kappa shape index (κ2) is 7.11. The van der Waals surface area contributed by atoms with Crippen molar-refractivity contribution in [3.8, 4) is 0 Å². The summed E-state index contributed by atoms with van der Waals surface area (Å²) in [5, 5.41) is 3.89. The van der Waals surface area contributed by atoms with Gasteiger partial charge in [0.2, 0.25) is 0 Å². The Labute approximate surface area is 132 Å². The Morgan fingerprint density at radius 1 is 1.40 bits per heavy atom. The molecule has 0 bridgehead atoms. The van der Waals surface area contributed by atoms with Crippen LogP contribution < -0.4 is 11.2 Å². The predicted molar refractivity (Wildman–Crippen MR) is 83.7 cm³/mol. The number of nitrogens with two attached hydrogens (primary N) is 1. The Balaban J connectivity index is 3.00. The lowest BCUT2D eigenvalue weighted by Gasteiger charge is -2.10. The molecule has 0 unspecified atom stereocenters. The quantitative estimate of drug-likeness (QED) is 0.498. The van der Waals surface area contributed by atoms with Gasteiger partial charge in [-0.15, -0.1) is 0 Å². The van der Waals surface area contributed by atoms with Crippen LogP contribution in [-0.2, 0) is 0 Å². The Morgan fingerprint density at radius 3 is 2.55 bits per heavy atom. The van der Waals surface area contributed by atoms with E-state index in [1.807, 2.05) is 20.8 Å². The number of anilines is 1. The number of nitrogens with one attached hydrogen (secondary N) is 1. The maximum Gasteiger partial charge on any atom is 0.291 e. The molecule has 0 aliphatic rings. The third-order valence-corrected chi connectivity index (χ3v) is 4.08. The highest BCUT2D eigenvalue weighted by molar-refractivity contribution is 6.46. The number of carbonyl (C=O) groups excluding carboxylic acids is 1. The maximum atomic E-state index is 12.0. The average molecular weight is 338 g/mol. The van der Waals surface area contributed by atoms with Crippen molar-refractivity contribution in [1.82, 2.24) is 10.4 Å². The first-order chi connectivity index (χ1) is 9.29. The average Bonchev–Trinajstić information content (AvgIpc) is 2.44. The van der Waals surface area contributed by atoms with Crippen molar-refractivity contribution >= 4 is 52.1 Å². The molecule has 5 nitrogen and oxygen atoms in total. The number of nitrogen functional groups attached to an aromatic ring is 1. The summed E-state index contributed by atoms with van der Waals surface area (Å²) in [6, 6.07) is 0. The van der Waals surface area contributed by atoms with Gasteiger partial charge in [-0.1, -0.05) is 48.7 Å². The van der Waals surface area contributed by atoms with E-state index in [1.54, 1.807) is 0 Å². The first-order valence-electron chi connectivity index (χ1n) is 5.94. The van der Waals surface area contributed by atoms with Gasteiger partial charge < -0.3 is 5.73 Å². The minimum Gasteiger partial charge on any atom is -0.396 e. The van der Waals surface area contributed by atoms with Gasteiger partial charge in [0.25, 0.3) is 5.91 Å². The lowest BCUT2D eigenvalue weighted by atomic mass is 10.1. The fraction of sp³-hybridized carbons (Fsp3) is 0.417. The number of nitrogens with zero attached hydrogens (tertiary/aromatic N) is 2. The molecule has 8 heteroatoms. The molecule has 3 N–H and O–H groups in total. The van der Waals surface area contributed by atoms with E-state index in [1.165, 1.54) is 0 Å². The fourth-order valence-electron chi connectivity index (χ4n) is 1.28. The van der Waals surface area contributed by atoms with E-state index in [2.05, 4.69) is 15.5 Å². The van der Waals surface area contributed by atoms with Crippen molar-refractivity contribution in [3.63, 3.8) is 0 Å². The second-order valence-electron chi connectivity index (χ2n) is 4.30. The minimum absolute atomic E-state index is 0.0149. The first kappa shape index (κ1) is 17.0. The largest absolute Gasteiger partial charge is 0.396 e. The molecule has 1 aromatic heterocycles. The van der Waals surface area contributed by atoms with Gasteiger partial charge in [0.15, 0.2) is 10.8 Å². The number of aromatic nitrogens is 1. The summed E-state index contributed by atoms with van der Waals surface area (Å²) in [6.45, 7) is 5.86. The van der Waals surface area contributed by atoms with Gasteiger partial charge >= 0.3 is 0 Å². The van der Waals surface area contributed by atoms with Gasteiger partial charge in [-0.05, 0) is 19.3 Å². The van der Waals surface area contributed by atoms with Crippen LogP contribution in [0.5, 0.6) is 0 Å². The Kier molecular flexibility index (Phi) is 6.05. The SMILES string of the molecule is CC[C@H](C)/C(C)=N\NC(=O)c1nc(Cl)c(Cl)c(N)c1Cl. The van der Waals surface area contributed by atoms with Gasteiger partial charge in [-0.2, -0.15) is 5.10 Å². The molecule has 1 rings (SSSR count). The predicted octanol–water partition coefficient (Wildman–Crippen LogP) is 3.78. The Bertz CT molecular complexity index is 560. The van der Waals surface area contributed by atoms with Crippen LogP contribution in [0.15, 0.2) is 5.10 Å². The van der Waals surface area contributed by atoms with Gasteiger partial charge in [-0.25, -0.2) is 10.4 Å². The lowest BCUT2D eigenvalue weighted by Crippen LogP contribution is -2.22. The molecule has 0 saturated carbocycles. The fourth-order valence-corrected chi connectivity index (χ4v) is 1.87. The van der Waals surface area contributed by atoms with E-state index in [0.29, 0.717) is 0 Å². The molecule has 0 aromatic carbocycles. The van der Waals surface area contributed by atoms with E-state index in [4.69, 9.17) is 40.5 Å². The van der Waals surface area contributed by atoms with Crippen molar-refractivity contribution in [2.45, 2.75) is 27.2 Å². The van der Waals surface area contributed by atoms with Crippen LogP contribution in [0.25, 0.3) is 0 Å². The summed E-state index contributed by atoms with van der Waals surface area (Å²) in [4.78, 5) is 15.8. The molecule has 0 aliphatic heterocycles. The highest BCUT2D eigenvalue weighted by Gasteiger charge is 2.19. The van der Waals surface area contributed by atoms with Crippen LogP contribution in [0.1, 0.15) is 37.7 Å². The highest BCUT2D eigenvalue weighted by Crippen LogP contribution is 2.34. The molecule has 0 radical (unpaired) electrons. The first-order valence-corrected chi connectivity index (χ1v) is 7.07. The van der Waals surface area contributed by atoms with Crippen molar-refractivity contribution in [3.05, 3.63) is 20.9 Å². The van der Waals surface area contributed by atoms with Crippen LogP contribution in [0.4, 0.5) is 5.69 Å². The van der Waals surface area contributed by atoms with Crippen LogP contribution in [0.3, 0.4) is 0 Å². The zero-order chi connectivity index (χ0) is 15.4. The Morgan fingerprint density at radius 2 is 2.00 bits per heavy atom. The number of hydrogen-bond acceptors (Lipinski definition) is 4. The topological polar surface area (TPSA) is 80.4 Å². The number of halogens is 3. The summed E-state index contributed by atoms with van der Waals surface area (Å²) in [5.41, 5.74) is 8.72. The lowest BCUT2D eigenvalue weighted by molar-refractivity contribution is 0.0950. The van der Waals surface area contributed by atoms with E-state index in [0.717, 1.165) is 12.1 Å². The van der Waals surface area contributed by atoms with Crippen LogP contribution in [0.2, 0.25) is 15.2 Å². The molecule has 0 spiro atoms. The van der Waals surface area contributed by atoms with Crippen molar-refractivity contribution in [2.24, 2.45) is 11.0 Å². The van der Waals surface area contributed by atoms with E-state index in [-0.39, 0.29) is 32.5 Å². The zero-order valence-corrected chi connectivity index (χ0v) is 13.6. The smallest absolute Gasteiger partial charge is 0.291 e. The molecule has 0 aliphatic carbocycles. The number of hydrazone groups is 1. The third-order valence-electron chi connectivity index (χ3n) is 2.95. The molecule has 1 atom stereocenters. The van der Waals surface area contributed by atoms with Gasteiger partial charge in [0, 0.05) is 5.71 Å². The van der Waals surface area contributed by atoms with Gasteiger partial charge in [0.05, 0.1) is 10.7 Å². The standard InChI is InChI=1S/C12H15Cl3N4O/c1-4-5(2)6(3)18-19-12(20)10-7(13)9(16)8(14)11(15)17-10/h5H,4H2,1-3H3,(H2,16,17)(H,19,20)/b18-6-/t5-/m0/s1. The molecule has 0 saturated heterocycles. The summed E-state index contributed by atoms with van der Waals surface area (Å²) >= 11 is 17.5. The van der Waals surface area contributed by atoms with Crippen molar-refractivity contribution < 1.29 is 4.79 Å². The Hall–Kier alpha value is -1.04. The van der Waals surface area contributed by atoms with E-state index in [9.17, 15) is 4.79 Å². The molecule has 110 valence electrons.